The summed E-state index contributed by atoms with van der Waals surface area (Å²) >= 11 is 3.45. The fourth-order valence-electron chi connectivity index (χ4n) is 8.64. The van der Waals surface area contributed by atoms with E-state index in [1.165, 1.54) is 6.26 Å². The van der Waals surface area contributed by atoms with Crippen LogP contribution < -0.4 is 9.47 Å². The van der Waals surface area contributed by atoms with Crippen LogP contribution in [0.4, 0.5) is 0 Å². The van der Waals surface area contributed by atoms with Crippen LogP contribution >= 0.6 is 15.9 Å². The van der Waals surface area contributed by atoms with E-state index in [1.807, 2.05) is 61.1 Å². The number of β-amino-alcohol motifs (C(OH)–C–C–N with tert-alkyl or cyclic N) is 2. The van der Waals surface area contributed by atoms with Gasteiger partial charge in [-0.15, -0.1) is 0 Å². The Morgan fingerprint density at radius 3 is 1.67 bits per heavy atom. The van der Waals surface area contributed by atoms with Crippen molar-refractivity contribution in [2.45, 2.75) is 66.8 Å². The van der Waals surface area contributed by atoms with E-state index in [0.717, 1.165) is 133 Å². The first-order valence-electron chi connectivity index (χ1n) is 21.4. The number of sulfone groups is 1. The first kappa shape index (κ1) is 41.8. The average molecular weight is 934 g/mol. The van der Waals surface area contributed by atoms with Crippen molar-refractivity contribution >= 4 is 37.1 Å². The highest BCUT2D eigenvalue weighted by Gasteiger charge is 2.48. The van der Waals surface area contributed by atoms with Crippen molar-refractivity contribution in [1.82, 2.24) is 39.0 Å². The standard InChI is InChI=1S/C27H28N4O4S.C20H21BrN4O2/c1-36(33,34)24-4-2-3-20(13-24)25-15-29-31-16-21(14-28-26(25)31)19-5-7-23(8-6-19)35-27(10-11-27)18-30-12-9-22(32)17-30;21-18-10-23-25-11-15(9-22-19(18)25)14-1-3-17(4-2-14)27-20(6-7-20)13-24-8-5-16(26)12-24/h2-8,13-16,22,32H,9-12,17-18H2,1H3;1-4,9-11,16,26H,5-8,12-13H2. The van der Waals surface area contributed by atoms with Gasteiger partial charge >= 0.3 is 0 Å². The average Bonchev–Trinajstić information content (AvgIpc) is 3.91. The molecule has 0 bridgehead atoms. The van der Waals surface area contributed by atoms with Crippen molar-refractivity contribution in [1.29, 1.82) is 0 Å². The zero-order chi connectivity index (χ0) is 43.3. The molecule has 63 heavy (non-hydrogen) atoms. The molecule has 14 nitrogen and oxygen atoms in total. The summed E-state index contributed by atoms with van der Waals surface area (Å²) < 4.78 is 41.0. The zero-order valence-corrected chi connectivity index (χ0v) is 37.3. The van der Waals surface area contributed by atoms with Crippen LogP contribution in [0.1, 0.15) is 38.5 Å². The third-order valence-electron chi connectivity index (χ3n) is 12.4. The van der Waals surface area contributed by atoms with E-state index >= 15 is 0 Å². The van der Waals surface area contributed by atoms with Crippen molar-refractivity contribution < 1.29 is 28.1 Å². The highest BCUT2D eigenvalue weighted by atomic mass is 79.9. The molecule has 0 spiro atoms. The summed E-state index contributed by atoms with van der Waals surface area (Å²) in [5.74, 6) is 1.74. The van der Waals surface area contributed by atoms with E-state index in [0.29, 0.717) is 5.65 Å². The Balaban J connectivity index is 0.000000156. The molecule has 11 rings (SSSR count). The van der Waals surface area contributed by atoms with Gasteiger partial charge in [0.25, 0.3) is 0 Å². The third kappa shape index (κ3) is 9.38. The molecule has 2 saturated heterocycles. The van der Waals surface area contributed by atoms with Gasteiger partial charge in [-0.05, 0) is 108 Å². The Hall–Kier alpha value is -5.23. The first-order chi connectivity index (χ1) is 30.4. The Morgan fingerprint density at radius 1 is 0.667 bits per heavy atom. The smallest absolute Gasteiger partial charge is 0.175 e. The number of aromatic nitrogens is 6. The van der Waals surface area contributed by atoms with Crippen LogP contribution in [0.2, 0.25) is 0 Å². The number of fused-ring (bicyclic) bond motifs is 2. The highest BCUT2D eigenvalue weighted by Crippen LogP contribution is 2.43. The molecule has 2 saturated carbocycles. The Kier molecular flexibility index (Phi) is 11.1. The minimum Gasteiger partial charge on any atom is -0.486 e. The van der Waals surface area contributed by atoms with Gasteiger partial charge in [-0.1, -0.05) is 36.4 Å². The maximum Gasteiger partial charge on any atom is 0.175 e. The molecule has 7 aromatic rings. The molecule has 2 unspecified atom stereocenters. The van der Waals surface area contributed by atoms with Crippen LogP contribution in [-0.2, 0) is 9.84 Å². The van der Waals surface area contributed by atoms with Gasteiger partial charge in [0.05, 0.1) is 34.0 Å². The van der Waals surface area contributed by atoms with Gasteiger partial charge < -0.3 is 19.7 Å². The number of rotatable bonds is 12. The first-order valence-corrected chi connectivity index (χ1v) is 24.1. The van der Waals surface area contributed by atoms with E-state index < -0.39 is 9.84 Å². The second-order valence-electron chi connectivity index (χ2n) is 17.5. The number of halogens is 1. The summed E-state index contributed by atoms with van der Waals surface area (Å²) in [5, 5.41) is 28.3. The molecule has 2 N–H and O–H groups in total. The number of hydrogen-bond donors (Lipinski definition) is 2. The largest absolute Gasteiger partial charge is 0.486 e. The molecule has 2 atom stereocenters. The maximum absolute atomic E-state index is 12.0. The van der Waals surface area contributed by atoms with Crippen LogP contribution in [0.5, 0.6) is 11.5 Å². The fraction of sp³-hybridized carbons (Fsp3) is 0.362. The van der Waals surface area contributed by atoms with Gasteiger partial charge in [0, 0.05) is 87.0 Å². The van der Waals surface area contributed by atoms with Crippen LogP contribution in [0.3, 0.4) is 0 Å². The summed E-state index contributed by atoms with van der Waals surface area (Å²) in [6.45, 7) is 5.16. The van der Waals surface area contributed by atoms with Crippen molar-refractivity contribution in [2.75, 3.05) is 45.5 Å². The minimum absolute atomic E-state index is 0.0760. The monoisotopic (exact) mass is 932 g/mol. The number of benzene rings is 3. The predicted molar refractivity (Wildman–Crippen MR) is 242 cm³/mol. The van der Waals surface area contributed by atoms with Crippen molar-refractivity contribution in [3.63, 3.8) is 0 Å². The maximum atomic E-state index is 12.0. The van der Waals surface area contributed by atoms with Crippen LogP contribution in [-0.4, -0.2) is 127 Å². The van der Waals surface area contributed by atoms with Crippen molar-refractivity contribution in [2.24, 2.45) is 0 Å². The molecule has 6 heterocycles. The summed E-state index contributed by atoms with van der Waals surface area (Å²) in [7, 11) is -3.30. The molecular weight excluding hydrogens is 885 g/mol. The number of hydrogen-bond acceptors (Lipinski definition) is 12. The molecule has 4 fully saturated rings. The van der Waals surface area contributed by atoms with Gasteiger partial charge in [0.15, 0.2) is 21.1 Å². The molecule has 4 aromatic heterocycles. The fourth-order valence-corrected chi connectivity index (χ4v) is 9.68. The van der Waals surface area contributed by atoms with E-state index in [2.05, 4.69) is 58.0 Å². The molecule has 4 aliphatic rings. The van der Waals surface area contributed by atoms with Gasteiger partial charge in [0.2, 0.25) is 0 Å². The lowest BCUT2D eigenvalue weighted by atomic mass is 10.1. The number of ether oxygens (including phenoxy) is 2. The molecule has 0 amide bonds. The molecule has 2 aliphatic carbocycles. The summed E-state index contributed by atoms with van der Waals surface area (Å²) in [6, 6.07) is 23.0. The Bertz CT molecular complexity index is 2880. The van der Waals surface area contributed by atoms with Crippen LogP contribution in [0.15, 0.2) is 119 Å². The topological polar surface area (TPSA) is 160 Å². The minimum atomic E-state index is -3.30. The van der Waals surface area contributed by atoms with Crippen LogP contribution in [0.25, 0.3) is 44.7 Å². The number of nitrogens with zero attached hydrogens (tertiary/aromatic N) is 8. The normalized spacial score (nSPS) is 20.4. The summed E-state index contributed by atoms with van der Waals surface area (Å²) in [5.41, 5.74) is 6.80. The zero-order valence-electron chi connectivity index (χ0n) is 34.9. The van der Waals surface area contributed by atoms with Crippen molar-refractivity contribution in [3.05, 3.63) is 114 Å². The van der Waals surface area contributed by atoms with E-state index in [-0.39, 0.29) is 28.3 Å². The molecule has 326 valence electrons. The van der Waals surface area contributed by atoms with E-state index in [9.17, 15) is 18.6 Å². The van der Waals surface area contributed by atoms with Crippen LogP contribution in [0, 0.1) is 0 Å². The second-order valence-corrected chi connectivity index (χ2v) is 20.4. The lowest BCUT2D eigenvalue weighted by molar-refractivity contribution is 0.113. The van der Waals surface area contributed by atoms with Gasteiger partial charge in [-0.3, -0.25) is 9.80 Å². The van der Waals surface area contributed by atoms with Gasteiger partial charge in [-0.25, -0.2) is 27.4 Å². The molecule has 16 heteroatoms. The van der Waals surface area contributed by atoms with Gasteiger partial charge in [-0.2, -0.15) is 10.2 Å². The number of likely N-dealkylation sites (tertiary alicyclic amines) is 2. The molecular formula is C47H49BrN8O6S. The highest BCUT2D eigenvalue weighted by molar-refractivity contribution is 9.10. The molecule has 0 radical (unpaired) electrons. The second kappa shape index (κ2) is 16.7. The van der Waals surface area contributed by atoms with Crippen molar-refractivity contribution in [3.8, 4) is 44.9 Å². The summed E-state index contributed by atoms with van der Waals surface area (Å²) in [4.78, 5) is 14.0. The Morgan fingerprint density at radius 2 is 1.17 bits per heavy atom. The molecule has 2 aliphatic heterocycles. The third-order valence-corrected chi connectivity index (χ3v) is 14.1. The number of aliphatic hydroxyl groups is 2. The Labute approximate surface area is 374 Å². The predicted octanol–water partition coefficient (Wildman–Crippen LogP) is 6.58. The van der Waals surface area contributed by atoms with E-state index in [4.69, 9.17) is 9.47 Å². The SMILES string of the molecule is CS(=O)(=O)c1cccc(-c2cnn3cc(-c4ccc(OC5(CN6CCC(O)C6)CC5)cc4)cnc23)c1.OC1CCN(CC2(Oc3ccc(-c4cnc5c(Br)cnn5c4)cc3)CC2)C1. The lowest BCUT2D eigenvalue weighted by Gasteiger charge is -2.24. The quantitative estimate of drug-likeness (QED) is 0.136. The lowest BCUT2D eigenvalue weighted by Crippen LogP contribution is -2.36. The summed E-state index contributed by atoms with van der Waals surface area (Å²) in [6.07, 6.45) is 17.8. The molecule has 3 aromatic carbocycles. The number of aliphatic hydroxyl groups excluding tert-OH is 2. The van der Waals surface area contributed by atoms with Gasteiger partial charge in [0.1, 0.15) is 22.7 Å². The van der Waals surface area contributed by atoms with E-state index in [1.54, 1.807) is 45.8 Å².